The monoisotopic (exact) mass is 437 g/mol. The molecule has 0 aliphatic carbocycles. The summed E-state index contributed by atoms with van der Waals surface area (Å²) < 4.78 is 10.6. The summed E-state index contributed by atoms with van der Waals surface area (Å²) in [5, 5.41) is 0.565. The number of nitrogens with zero attached hydrogens (tertiary/aromatic N) is 3. The number of hydrogen-bond donors (Lipinski definition) is 0. The Morgan fingerprint density at radius 2 is 1.94 bits per heavy atom. The van der Waals surface area contributed by atoms with E-state index < -0.39 is 0 Å². The molecule has 7 nitrogen and oxygen atoms in total. The third kappa shape index (κ3) is 4.81. The summed E-state index contributed by atoms with van der Waals surface area (Å²) in [6, 6.07) is 14.7. The maximum Gasteiger partial charge on any atom is 0.266 e. The summed E-state index contributed by atoms with van der Waals surface area (Å²) in [5.41, 5.74) is 2.08. The maximum absolute atomic E-state index is 12.7. The number of thioether (sulfide) groups is 1. The van der Waals surface area contributed by atoms with E-state index in [0.29, 0.717) is 47.6 Å². The molecule has 2 aliphatic rings. The topological polar surface area (TPSA) is 71.4 Å². The molecule has 0 unspecified atom stereocenters. The molecule has 0 saturated carbocycles. The molecule has 0 N–H and O–H groups in total. The fourth-order valence-electron chi connectivity index (χ4n) is 3.30. The maximum atomic E-state index is 12.7. The van der Waals surface area contributed by atoms with Gasteiger partial charge in [-0.05, 0) is 53.7 Å². The number of carbonyl (C=O) groups is 2. The minimum absolute atomic E-state index is 0.0348. The van der Waals surface area contributed by atoms with Crippen molar-refractivity contribution in [3.05, 3.63) is 64.6 Å². The van der Waals surface area contributed by atoms with Crippen LogP contribution in [0.15, 0.2) is 58.4 Å². The molecule has 31 heavy (non-hydrogen) atoms. The Kier molecular flexibility index (Phi) is 6.39. The Balaban J connectivity index is 1.55. The predicted octanol–water partition coefficient (Wildman–Crippen LogP) is 3.40. The highest BCUT2D eigenvalue weighted by Gasteiger charge is 2.30. The van der Waals surface area contributed by atoms with Gasteiger partial charge in [-0.1, -0.05) is 18.2 Å². The van der Waals surface area contributed by atoms with Gasteiger partial charge in [0, 0.05) is 25.7 Å². The fourth-order valence-corrected chi connectivity index (χ4v) is 4.29. The number of methoxy groups -OCH3 is 1. The molecule has 4 rings (SSSR count). The molecule has 8 heteroatoms. The largest absolute Gasteiger partial charge is 0.497 e. The lowest BCUT2D eigenvalue weighted by Gasteiger charge is -2.26. The smallest absolute Gasteiger partial charge is 0.266 e. The van der Waals surface area contributed by atoms with Crippen molar-refractivity contribution < 1.29 is 19.1 Å². The molecule has 2 saturated heterocycles. The van der Waals surface area contributed by atoms with E-state index in [1.165, 1.54) is 16.7 Å². The minimum atomic E-state index is -0.118. The highest BCUT2D eigenvalue weighted by atomic mass is 32.2. The first-order valence-electron chi connectivity index (χ1n) is 9.92. The molecule has 0 aromatic heterocycles. The quantitative estimate of drug-likeness (QED) is 0.686. The number of rotatable bonds is 4. The van der Waals surface area contributed by atoms with Crippen LogP contribution in [-0.4, -0.2) is 67.2 Å². The van der Waals surface area contributed by atoms with Crippen LogP contribution in [0.1, 0.15) is 15.9 Å². The van der Waals surface area contributed by atoms with Gasteiger partial charge in [0.2, 0.25) is 0 Å². The van der Waals surface area contributed by atoms with E-state index in [2.05, 4.69) is 4.99 Å². The second kappa shape index (κ2) is 9.36. The predicted molar refractivity (Wildman–Crippen MR) is 122 cm³/mol. The average molecular weight is 438 g/mol. The van der Waals surface area contributed by atoms with Crippen LogP contribution in [0.5, 0.6) is 5.75 Å². The Labute approximate surface area is 185 Å². The molecule has 0 bridgehead atoms. The number of aliphatic imine (C=N–C) groups is 1. The van der Waals surface area contributed by atoms with E-state index >= 15 is 0 Å². The van der Waals surface area contributed by atoms with Crippen molar-refractivity contribution in [1.82, 2.24) is 9.80 Å². The summed E-state index contributed by atoms with van der Waals surface area (Å²) in [6.07, 6.45) is 1.83. The standard InChI is InChI=1S/C23H23N3O4S/c1-25-22(28)20(14-16-5-3-8-19(13-16)29-2)31-23(25)24-18-7-4-6-17(15-18)21(27)26-9-11-30-12-10-26/h3-8,13-15H,9-12H2,1-2H3/b20-14+,24-23?. The zero-order valence-corrected chi connectivity index (χ0v) is 18.2. The van der Waals surface area contributed by atoms with Crippen molar-refractivity contribution in [2.45, 2.75) is 0 Å². The summed E-state index contributed by atoms with van der Waals surface area (Å²) in [5.74, 6) is 0.577. The van der Waals surface area contributed by atoms with Crippen LogP contribution >= 0.6 is 11.8 Å². The Morgan fingerprint density at radius 1 is 1.16 bits per heavy atom. The third-order valence-electron chi connectivity index (χ3n) is 5.01. The van der Waals surface area contributed by atoms with Crippen molar-refractivity contribution in [1.29, 1.82) is 0 Å². The van der Waals surface area contributed by atoms with Gasteiger partial charge in [0.1, 0.15) is 5.75 Å². The molecule has 2 fully saturated rings. The van der Waals surface area contributed by atoms with E-state index in [0.717, 1.165) is 11.3 Å². The summed E-state index contributed by atoms with van der Waals surface area (Å²) in [6.45, 7) is 2.28. The molecule has 0 radical (unpaired) electrons. The molecule has 2 aromatic rings. The van der Waals surface area contributed by atoms with Crippen LogP contribution < -0.4 is 4.74 Å². The fraction of sp³-hybridized carbons (Fsp3) is 0.261. The number of amides is 2. The first kappa shape index (κ1) is 21.1. The van der Waals surface area contributed by atoms with Gasteiger partial charge in [-0.25, -0.2) is 4.99 Å². The van der Waals surface area contributed by atoms with Crippen LogP contribution in [-0.2, 0) is 9.53 Å². The molecule has 2 aromatic carbocycles. The van der Waals surface area contributed by atoms with E-state index in [1.807, 2.05) is 42.5 Å². The van der Waals surface area contributed by atoms with Crippen LogP contribution in [0.4, 0.5) is 5.69 Å². The summed E-state index contributed by atoms with van der Waals surface area (Å²) >= 11 is 1.31. The van der Waals surface area contributed by atoms with Crippen LogP contribution in [0.25, 0.3) is 6.08 Å². The normalized spacial score (nSPS) is 19.4. The molecule has 0 atom stereocenters. The first-order chi connectivity index (χ1) is 15.0. The Hall–Kier alpha value is -3.10. The second-order valence-electron chi connectivity index (χ2n) is 7.10. The van der Waals surface area contributed by atoms with E-state index in [1.54, 1.807) is 31.2 Å². The van der Waals surface area contributed by atoms with Gasteiger partial charge in [0.15, 0.2) is 5.17 Å². The van der Waals surface area contributed by atoms with Crippen molar-refractivity contribution in [2.24, 2.45) is 4.99 Å². The van der Waals surface area contributed by atoms with Gasteiger partial charge in [-0.2, -0.15) is 0 Å². The van der Waals surface area contributed by atoms with Gasteiger partial charge in [0.05, 0.1) is 30.9 Å². The number of carbonyl (C=O) groups excluding carboxylic acids is 2. The van der Waals surface area contributed by atoms with Crippen molar-refractivity contribution in [3.8, 4) is 5.75 Å². The first-order valence-corrected chi connectivity index (χ1v) is 10.7. The van der Waals surface area contributed by atoms with Crippen molar-refractivity contribution in [2.75, 3.05) is 40.5 Å². The molecule has 0 spiro atoms. The van der Waals surface area contributed by atoms with E-state index in [4.69, 9.17) is 9.47 Å². The average Bonchev–Trinajstić information content (AvgIpc) is 3.07. The number of amidine groups is 1. The third-order valence-corrected chi connectivity index (χ3v) is 6.07. The van der Waals surface area contributed by atoms with E-state index in [9.17, 15) is 9.59 Å². The van der Waals surface area contributed by atoms with Crippen LogP contribution in [0, 0.1) is 0 Å². The number of likely N-dealkylation sites (N-methyl/N-ethyl adjacent to an activating group) is 1. The Bertz CT molecular complexity index is 1060. The van der Waals surface area contributed by atoms with Gasteiger partial charge in [-0.3, -0.25) is 14.5 Å². The highest BCUT2D eigenvalue weighted by molar-refractivity contribution is 8.18. The lowest BCUT2D eigenvalue weighted by atomic mass is 10.1. The zero-order valence-electron chi connectivity index (χ0n) is 17.4. The van der Waals surface area contributed by atoms with Crippen LogP contribution in [0.3, 0.4) is 0 Å². The number of hydrogen-bond acceptors (Lipinski definition) is 6. The summed E-state index contributed by atoms with van der Waals surface area (Å²) in [4.78, 5) is 34.0. The molecule has 2 amide bonds. The minimum Gasteiger partial charge on any atom is -0.497 e. The lowest BCUT2D eigenvalue weighted by Crippen LogP contribution is -2.40. The molecule has 160 valence electrons. The van der Waals surface area contributed by atoms with Crippen LogP contribution in [0.2, 0.25) is 0 Å². The number of morpholine rings is 1. The molecular weight excluding hydrogens is 414 g/mol. The lowest BCUT2D eigenvalue weighted by molar-refractivity contribution is -0.121. The SMILES string of the molecule is COc1cccc(/C=C2/SC(=Nc3cccc(C(=O)N4CCOCC4)c3)N(C)C2=O)c1. The van der Waals surface area contributed by atoms with Crippen molar-refractivity contribution >= 4 is 40.5 Å². The van der Waals surface area contributed by atoms with E-state index in [-0.39, 0.29) is 11.8 Å². The molecule has 2 aliphatic heterocycles. The number of benzene rings is 2. The van der Waals surface area contributed by atoms with Gasteiger partial charge < -0.3 is 14.4 Å². The van der Waals surface area contributed by atoms with Crippen molar-refractivity contribution in [3.63, 3.8) is 0 Å². The summed E-state index contributed by atoms with van der Waals surface area (Å²) in [7, 11) is 3.31. The Morgan fingerprint density at radius 3 is 2.71 bits per heavy atom. The van der Waals surface area contributed by atoms with Gasteiger partial charge in [-0.15, -0.1) is 0 Å². The van der Waals surface area contributed by atoms with Gasteiger partial charge >= 0.3 is 0 Å². The second-order valence-corrected chi connectivity index (χ2v) is 8.11. The highest BCUT2D eigenvalue weighted by Crippen LogP contribution is 2.33. The van der Waals surface area contributed by atoms with Gasteiger partial charge in [0.25, 0.3) is 11.8 Å². The molecular formula is C23H23N3O4S. The molecule has 2 heterocycles. The zero-order chi connectivity index (χ0) is 21.8. The number of ether oxygens (including phenoxy) is 2.